The SMILES string of the molecule is O=C(CCc1ccc(S(=O)(=O)NC2CC2)cc1)Nc1ccccc1OCC1CCCCO1. The second-order valence-corrected chi connectivity index (χ2v) is 10.1. The summed E-state index contributed by atoms with van der Waals surface area (Å²) in [4.78, 5) is 12.8. The van der Waals surface area contributed by atoms with Gasteiger partial charge in [-0.05, 0) is 68.4 Å². The van der Waals surface area contributed by atoms with Crippen molar-refractivity contribution in [1.29, 1.82) is 0 Å². The average molecular weight is 459 g/mol. The minimum absolute atomic E-state index is 0.0745. The van der Waals surface area contributed by atoms with Crippen LogP contribution in [0.5, 0.6) is 5.75 Å². The molecule has 172 valence electrons. The molecule has 1 saturated heterocycles. The molecular formula is C24H30N2O5S. The third kappa shape index (κ3) is 6.54. The molecule has 1 saturated carbocycles. The second kappa shape index (κ2) is 10.5. The van der Waals surface area contributed by atoms with Gasteiger partial charge in [-0.15, -0.1) is 0 Å². The minimum atomic E-state index is -3.46. The number of carbonyl (C=O) groups is 1. The Kier molecular flexibility index (Phi) is 7.44. The molecule has 1 atom stereocenters. The number of sulfonamides is 1. The van der Waals surface area contributed by atoms with Crippen LogP contribution >= 0.6 is 0 Å². The number of anilines is 1. The lowest BCUT2D eigenvalue weighted by Gasteiger charge is -2.23. The minimum Gasteiger partial charge on any atom is -0.489 e. The molecule has 0 spiro atoms. The Morgan fingerprint density at radius 2 is 1.81 bits per heavy atom. The molecule has 8 heteroatoms. The predicted octanol–water partition coefficient (Wildman–Crippen LogP) is 3.65. The molecule has 7 nitrogen and oxygen atoms in total. The van der Waals surface area contributed by atoms with E-state index in [2.05, 4.69) is 10.0 Å². The summed E-state index contributed by atoms with van der Waals surface area (Å²) in [5.74, 6) is 0.509. The van der Waals surface area contributed by atoms with Crippen LogP contribution in [0.3, 0.4) is 0 Å². The summed E-state index contributed by atoms with van der Waals surface area (Å²) in [6.45, 7) is 1.24. The molecule has 1 aliphatic heterocycles. The first-order valence-corrected chi connectivity index (χ1v) is 12.7. The molecule has 4 rings (SSSR count). The van der Waals surface area contributed by atoms with Gasteiger partial charge in [-0.2, -0.15) is 0 Å². The quantitative estimate of drug-likeness (QED) is 0.567. The molecule has 2 aliphatic rings. The van der Waals surface area contributed by atoms with E-state index in [4.69, 9.17) is 9.47 Å². The van der Waals surface area contributed by atoms with Crippen molar-refractivity contribution in [2.24, 2.45) is 0 Å². The molecule has 2 N–H and O–H groups in total. The first kappa shape index (κ1) is 22.8. The van der Waals surface area contributed by atoms with Gasteiger partial charge in [-0.3, -0.25) is 4.79 Å². The summed E-state index contributed by atoms with van der Waals surface area (Å²) in [7, 11) is -3.46. The lowest BCUT2D eigenvalue weighted by Crippen LogP contribution is -2.26. The summed E-state index contributed by atoms with van der Waals surface area (Å²) in [6, 6.07) is 14.2. The van der Waals surface area contributed by atoms with Crippen LogP contribution in [0.1, 0.15) is 44.1 Å². The molecule has 0 radical (unpaired) electrons. The standard InChI is InChI=1S/C24H30N2O5S/c27-24(15-10-18-8-13-21(14-9-18)32(28,29)26-19-11-12-19)25-22-6-1-2-7-23(22)31-17-20-5-3-4-16-30-20/h1-2,6-9,13-14,19-20,26H,3-5,10-12,15-17H2,(H,25,27). The van der Waals surface area contributed by atoms with E-state index in [0.717, 1.165) is 44.3 Å². The van der Waals surface area contributed by atoms with E-state index in [1.54, 1.807) is 24.3 Å². The molecule has 32 heavy (non-hydrogen) atoms. The number of benzene rings is 2. The molecule has 1 amide bonds. The van der Waals surface area contributed by atoms with Crippen molar-refractivity contribution in [3.63, 3.8) is 0 Å². The van der Waals surface area contributed by atoms with Gasteiger partial charge in [0.15, 0.2) is 0 Å². The Hall–Kier alpha value is -2.42. The van der Waals surface area contributed by atoms with E-state index < -0.39 is 10.0 Å². The van der Waals surface area contributed by atoms with Crippen LogP contribution in [0.4, 0.5) is 5.69 Å². The number of hydrogen-bond acceptors (Lipinski definition) is 5. The average Bonchev–Trinajstić information content (AvgIpc) is 3.61. The summed E-state index contributed by atoms with van der Waals surface area (Å²) in [6.07, 6.45) is 5.93. The molecule has 1 unspecified atom stereocenters. The molecule has 2 aromatic carbocycles. The van der Waals surface area contributed by atoms with Crippen molar-refractivity contribution in [3.05, 3.63) is 54.1 Å². The first-order chi connectivity index (χ1) is 15.5. The normalized spacial score (nSPS) is 18.8. The van der Waals surface area contributed by atoms with Gasteiger partial charge in [-0.1, -0.05) is 24.3 Å². The fourth-order valence-electron chi connectivity index (χ4n) is 3.61. The van der Waals surface area contributed by atoms with Gasteiger partial charge < -0.3 is 14.8 Å². The maximum absolute atomic E-state index is 12.5. The molecule has 2 fully saturated rings. The molecule has 1 heterocycles. The third-order valence-corrected chi connectivity index (χ3v) is 7.17. The number of para-hydroxylation sites is 2. The second-order valence-electron chi connectivity index (χ2n) is 8.38. The van der Waals surface area contributed by atoms with E-state index in [0.29, 0.717) is 24.5 Å². The van der Waals surface area contributed by atoms with E-state index in [9.17, 15) is 13.2 Å². The summed E-state index contributed by atoms with van der Waals surface area (Å²) >= 11 is 0. The maximum atomic E-state index is 12.5. The van der Waals surface area contributed by atoms with Gasteiger partial charge in [0.2, 0.25) is 15.9 Å². The molecule has 0 aromatic heterocycles. The highest BCUT2D eigenvalue weighted by Crippen LogP contribution is 2.26. The zero-order valence-corrected chi connectivity index (χ0v) is 18.9. The lowest BCUT2D eigenvalue weighted by molar-refractivity contribution is -0.116. The van der Waals surface area contributed by atoms with Crippen molar-refractivity contribution in [2.45, 2.75) is 62.0 Å². The van der Waals surface area contributed by atoms with Crippen LogP contribution in [0.15, 0.2) is 53.4 Å². The van der Waals surface area contributed by atoms with Crippen molar-refractivity contribution >= 4 is 21.6 Å². The molecule has 2 aromatic rings. The number of carbonyl (C=O) groups excluding carboxylic acids is 1. The monoisotopic (exact) mass is 458 g/mol. The maximum Gasteiger partial charge on any atom is 0.240 e. The molecular weight excluding hydrogens is 428 g/mol. The van der Waals surface area contributed by atoms with E-state index >= 15 is 0 Å². The molecule has 0 bridgehead atoms. The zero-order chi connectivity index (χ0) is 22.4. The topological polar surface area (TPSA) is 93.7 Å². The van der Waals surface area contributed by atoms with Crippen LogP contribution in [0, 0.1) is 0 Å². The number of aryl methyl sites for hydroxylation is 1. The Morgan fingerprint density at radius 3 is 2.53 bits per heavy atom. The van der Waals surface area contributed by atoms with E-state index in [-0.39, 0.29) is 29.4 Å². The predicted molar refractivity (Wildman–Crippen MR) is 122 cm³/mol. The van der Waals surface area contributed by atoms with Crippen LogP contribution < -0.4 is 14.8 Å². The Morgan fingerprint density at radius 1 is 1.03 bits per heavy atom. The highest BCUT2D eigenvalue weighted by molar-refractivity contribution is 7.89. The van der Waals surface area contributed by atoms with E-state index in [1.165, 1.54) is 0 Å². The largest absolute Gasteiger partial charge is 0.489 e. The third-order valence-electron chi connectivity index (χ3n) is 5.63. The highest BCUT2D eigenvalue weighted by atomic mass is 32.2. The van der Waals surface area contributed by atoms with Crippen LogP contribution in [-0.2, 0) is 26.0 Å². The smallest absolute Gasteiger partial charge is 0.240 e. The molecule has 1 aliphatic carbocycles. The van der Waals surface area contributed by atoms with Crippen molar-refractivity contribution in [2.75, 3.05) is 18.5 Å². The number of rotatable bonds is 10. The summed E-state index contributed by atoms with van der Waals surface area (Å²) < 4.78 is 38.8. The number of nitrogens with one attached hydrogen (secondary N) is 2. The fraction of sp³-hybridized carbons (Fsp3) is 0.458. The van der Waals surface area contributed by atoms with Crippen molar-refractivity contribution in [3.8, 4) is 5.75 Å². The Bertz CT molecular complexity index is 1010. The van der Waals surface area contributed by atoms with Crippen LogP contribution in [-0.4, -0.2) is 39.7 Å². The van der Waals surface area contributed by atoms with Crippen molar-refractivity contribution in [1.82, 2.24) is 4.72 Å². The highest BCUT2D eigenvalue weighted by Gasteiger charge is 2.27. The van der Waals surface area contributed by atoms with Crippen LogP contribution in [0.2, 0.25) is 0 Å². The van der Waals surface area contributed by atoms with Gasteiger partial charge in [-0.25, -0.2) is 13.1 Å². The van der Waals surface area contributed by atoms with Gasteiger partial charge >= 0.3 is 0 Å². The Balaban J connectivity index is 1.27. The summed E-state index contributed by atoms with van der Waals surface area (Å²) in [5, 5.41) is 2.92. The lowest BCUT2D eigenvalue weighted by atomic mass is 10.1. The zero-order valence-electron chi connectivity index (χ0n) is 18.1. The van der Waals surface area contributed by atoms with Crippen LogP contribution in [0.25, 0.3) is 0 Å². The van der Waals surface area contributed by atoms with Gasteiger partial charge in [0.25, 0.3) is 0 Å². The fourth-order valence-corrected chi connectivity index (χ4v) is 4.92. The summed E-state index contributed by atoms with van der Waals surface area (Å²) in [5.41, 5.74) is 1.55. The van der Waals surface area contributed by atoms with Gasteiger partial charge in [0.1, 0.15) is 12.4 Å². The first-order valence-electron chi connectivity index (χ1n) is 11.2. The van der Waals surface area contributed by atoms with Gasteiger partial charge in [0, 0.05) is 19.1 Å². The van der Waals surface area contributed by atoms with Gasteiger partial charge in [0.05, 0.1) is 16.7 Å². The number of hydrogen-bond donors (Lipinski definition) is 2. The number of ether oxygens (including phenoxy) is 2. The van der Waals surface area contributed by atoms with Crippen molar-refractivity contribution < 1.29 is 22.7 Å². The Labute approximate surface area is 189 Å². The van der Waals surface area contributed by atoms with E-state index in [1.807, 2.05) is 24.3 Å². The number of amides is 1.